The summed E-state index contributed by atoms with van der Waals surface area (Å²) in [5.41, 5.74) is 0. The zero-order valence-electron chi connectivity index (χ0n) is 13.6. The zero-order chi connectivity index (χ0) is 16.4. The fourth-order valence-corrected chi connectivity index (χ4v) is 2.61. The average molecular weight is 320 g/mol. The molecule has 0 unspecified atom stereocenters. The third-order valence-corrected chi connectivity index (χ3v) is 4.11. The van der Waals surface area contributed by atoms with E-state index in [1.54, 1.807) is 0 Å². The van der Waals surface area contributed by atoms with E-state index in [4.69, 9.17) is 9.47 Å². The number of hydrogen-bond acceptors (Lipinski definition) is 6. The van der Waals surface area contributed by atoms with Gasteiger partial charge < -0.3 is 29.9 Å². The molecule has 5 atom stereocenters. The summed E-state index contributed by atoms with van der Waals surface area (Å²) in [6, 6.07) is 0. The van der Waals surface area contributed by atoms with Crippen molar-refractivity contribution in [3.63, 3.8) is 0 Å². The lowest BCUT2D eigenvalue weighted by molar-refractivity contribution is -0.288. The second-order valence-corrected chi connectivity index (χ2v) is 6.09. The molecule has 0 amide bonds. The van der Waals surface area contributed by atoms with Gasteiger partial charge in [0.1, 0.15) is 24.4 Å². The van der Waals surface area contributed by atoms with Crippen LogP contribution in [0.1, 0.15) is 58.3 Å². The van der Waals surface area contributed by atoms with Crippen LogP contribution in [0.15, 0.2) is 0 Å². The van der Waals surface area contributed by atoms with Gasteiger partial charge in [-0.2, -0.15) is 0 Å². The van der Waals surface area contributed by atoms with Gasteiger partial charge in [0, 0.05) is 6.61 Å². The predicted octanol–water partition coefficient (Wildman–Crippen LogP) is 0.944. The lowest BCUT2D eigenvalue weighted by Crippen LogP contribution is -2.58. The molecule has 6 heteroatoms. The molecule has 1 rings (SSSR count). The van der Waals surface area contributed by atoms with Crippen LogP contribution < -0.4 is 0 Å². The summed E-state index contributed by atoms with van der Waals surface area (Å²) in [5.74, 6) is 0. The maximum absolute atomic E-state index is 9.74. The van der Waals surface area contributed by atoms with E-state index in [-0.39, 0.29) is 6.61 Å². The minimum absolute atomic E-state index is 0.0957. The van der Waals surface area contributed by atoms with E-state index in [2.05, 4.69) is 6.92 Å². The first-order valence-corrected chi connectivity index (χ1v) is 8.53. The number of aliphatic hydroxyl groups excluding tert-OH is 4. The van der Waals surface area contributed by atoms with Crippen LogP contribution in [0.5, 0.6) is 0 Å². The Morgan fingerprint density at radius 1 is 0.773 bits per heavy atom. The summed E-state index contributed by atoms with van der Waals surface area (Å²) in [5, 5.41) is 38.0. The average Bonchev–Trinajstić information content (AvgIpc) is 2.51. The Kier molecular flexibility index (Phi) is 10.2. The maximum Gasteiger partial charge on any atom is 0.184 e. The van der Waals surface area contributed by atoms with Gasteiger partial charge in [-0.3, -0.25) is 0 Å². The molecule has 1 heterocycles. The van der Waals surface area contributed by atoms with Crippen LogP contribution in [0.3, 0.4) is 0 Å². The third-order valence-electron chi connectivity index (χ3n) is 4.11. The van der Waals surface area contributed by atoms with Crippen molar-refractivity contribution < 1.29 is 29.9 Å². The van der Waals surface area contributed by atoms with Gasteiger partial charge in [0.25, 0.3) is 0 Å². The van der Waals surface area contributed by atoms with E-state index in [0.717, 1.165) is 12.8 Å². The van der Waals surface area contributed by atoms with Crippen LogP contribution in [0.2, 0.25) is 0 Å². The van der Waals surface area contributed by atoms with Crippen LogP contribution >= 0.6 is 0 Å². The standard InChI is InChI=1S/C16H32O6/c1-2-3-4-5-6-7-8-9-10-21-11-12-13(17)14(18)15(19)16(20)22-12/h12-20H,2-11H2,1H3/t12-,13+,14+,15-,16+/m1/s1. The highest BCUT2D eigenvalue weighted by Crippen LogP contribution is 2.20. The Labute approximate surface area is 133 Å². The quantitative estimate of drug-likeness (QED) is 0.423. The molecule has 0 saturated carbocycles. The van der Waals surface area contributed by atoms with E-state index in [1.807, 2.05) is 0 Å². The van der Waals surface area contributed by atoms with Gasteiger partial charge in [0.05, 0.1) is 6.61 Å². The second kappa shape index (κ2) is 11.3. The summed E-state index contributed by atoms with van der Waals surface area (Å²) in [4.78, 5) is 0. The van der Waals surface area contributed by atoms with Crippen LogP contribution in [0.4, 0.5) is 0 Å². The first kappa shape index (κ1) is 19.8. The molecule has 4 N–H and O–H groups in total. The Balaban J connectivity index is 2.00. The molecule has 1 aliphatic heterocycles. The second-order valence-electron chi connectivity index (χ2n) is 6.09. The van der Waals surface area contributed by atoms with Gasteiger partial charge in [0.2, 0.25) is 0 Å². The van der Waals surface area contributed by atoms with Gasteiger partial charge in [0.15, 0.2) is 6.29 Å². The van der Waals surface area contributed by atoms with Gasteiger partial charge in [-0.05, 0) is 6.42 Å². The summed E-state index contributed by atoms with van der Waals surface area (Å²) in [7, 11) is 0. The van der Waals surface area contributed by atoms with Crippen molar-refractivity contribution in [1.82, 2.24) is 0 Å². The van der Waals surface area contributed by atoms with Crippen LogP contribution in [0.25, 0.3) is 0 Å². The van der Waals surface area contributed by atoms with E-state index < -0.39 is 30.7 Å². The molecular weight excluding hydrogens is 288 g/mol. The molecule has 0 aromatic heterocycles. The third kappa shape index (κ3) is 6.89. The molecular formula is C16H32O6. The van der Waals surface area contributed by atoms with Crippen molar-refractivity contribution >= 4 is 0 Å². The fourth-order valence-electron chi connectivity index (χ4n) is 2.61. The minimum Gasteiger partial charge on any atom is -0.387 e. The van der Waals surface area contributed by atoms with Gasteiger partial charge in [-0.15, -0.1) is 0 Å². The molecule has 0 bridgehead atoms. The molecule has 22 heavy (non-hydrogen) atoms. The van der Waals surface area contributed by atoms with Gasteiger partial charge in [-0.25, -0.2) is 0 Å². The predicted molar refractivity (Wildman–Crippen MR) is 82.3 cm³/mol. The molecule has 132 valence electrons. The van der Waals surface area contributed by atoms with Gasteiger partial charge >= 0.3 is 0 Å². The molecule has 6 nitrogen and oxygen atoms in total. The molecule has 1 aliphatic rings. The Morgan fingerprint density at radius 3 is 2.00 bits per heavy atom. The van der Waals surface area contributed by atoms with Crippen molar-refractivity contribution in [2.75, 3.05) is 13.2 Å². The van der Waals surface area contributed by atoms with E-state index in [9.17, 15) is 20.4 Å². The van der Waals surface area contributed by atoms with E-state index in [1.165, 1.54) is 38.5 Å². The monoisotopic (exact) mass is 320 g/mol. The molecule has 0 aromatic rings. The van der Waals surface area contributed by atoms with Crippen molar-refractivity contribution in [2.24, 2.45) is 0 Å². The van der Waals surface area contributed by atoms with Crippen LogP contribution in [-0.4, -0.2) is 64.3 Å². The first-order valence-electron chi connectivity index (χ1n) is 8.53. The number of rotatable bonds is 11. The minimum atomic E-state index is -1.49. The van der Waals surface area contributed by atoms with Crippen LogP contribution in [-0.2, 0) is 9.47 Å². The summed E-state index contributed by atoms with van der Waals surface area (Å²) < 4.78 is 10.5. The number of hydrogen-bond donors (Lipinski definition) is 4. The zero-order valence-corrected chi connectivity index (χ0v) is 13.6. The van der Waals surface area contributed by atoms with E-state index in [0.29, 0.717) is 6.61 Å². The number of ether oxygens (including phenoxy) is 2. The Hall–Kier alpha value is -0.240. The molecule has 0 aliphatic carbocycles. The molecule has 0 spiro atoms. The van der Waals surface area contributed by atoms with E-state index >= 15 is 0 Å². The van der Waals surface area contributed by atoms with Crippen molar-refractivity contribution in [2.45, 2.75) is 89.0 Å². The normalized spacial score (nSPS) is 32.3. The number of unbranched alkanes of at least 4 members (excludes halogenated alkanes) is 7. The summed E-state index contributed by atoms with van der Waals surface area (Å²) in [6.45, 7) is 2.87. The summed E-state index contributed by atoms with van der Waals surface area (Å²) >= 11 is 0. The lowest BCUT2D eigenvalue weighted by Gasteiger charge is -2.38. The number of aliphatic hydroxyl groups is 4. The highest BCUT2D eigenvalue weighted by Gasteiger charge is 2.42. The SMILES string of the molecule is CCCCCCCCCCOC[C@H]1O[C@H](O)[C@H](O)[C@@H](O)[C@H]1O. The van der Waals surface area contributed by atoms with Gasteiger partial charge in [-0.1, -0.05) is 51.9 Å². The smallest absolute Gasteiger partial charge is 0.184 e. The Bertz CT molecular complexity index is 275. The molecule has 0 radical (unpaired) electrons. The maximum atomic E-state index is 9.74. The summed E-state index contributed by atoms with van der Waals surface area (Å²) in [6.07, 6.45) is 3.28. The molecule has 0 aromatic carbocycles. The molecule has 1 fully saturated rings. The topological polar surface area (TPSA) is 99.4 Å². The van der Waals surface area contributed by atoms with Crippen molar-refractivity contribution in [3.8, 4) is 0 Å². The highest BCUT2D eigenvalue weighted by atomic mass is 16.6. The lowest BCUT2D eigenvalue weighted by atomic mass is 9.99. The Morgan fingerprint density at radius 2 is 1.36 bits per heavy atom. The van der Waals surface area contributed by atoms with Crippen molar-refractivity contribution in [1.29, 1.82) is 0 Å². The van der Waals surface area contributed by atoms with Crippen molar-refractivity contribution in [3.05, 3.63) is 0 Å². The first-order chi connectivity index (χ1) is 10.6. The fraction of sp³-hybridized carbons (Fsp3) is 1.00. The largest absolute Gasteiger partial charge is 0.387 e. The molecule has 1 saturated heterocycles. The highest BCUT2D eigenvalue weighted by molar-refractivity contribution is 4.88. The van der Waals surface area contributed by atoms with Crippen LogP contribution in [0, 0.1) is 0 Å².